The van der Waals surface area contributed by atoms with Crippen molar-refractivity contribution in [3.63, 3.8) is 0 Å². The molecular formula is C18H23NO5. The van der Waals surface area contributed by atoms with Gasteiger partial charge in [0, 0.05) is 25.1 Å². The van der Waals surface area contributed by atoms with Crippen LogP contribution in [-0.4, -0.2) is 59.4 Å². The van der Waals surface area contributed by atoms with Gasteiger partial charge in [0.1, 0.15) is 12.7 Å². The van der Waals surface area contributed by atoms with Crippen molar-refractivity contribution < 1.29 is 24.2 Å². The van der Waals surface area contributed by atoms with Crippen molar-refractivity contribution in [2.75, 3.05) is 19.7 Å². The molecule has 0 aromatic heterocycles. The van der Waals surface area contributed by atoms with Gasteiger partial charge in [0.25, 0.3) is 0 Å². The first-order valence-electron chi connectivity index (χ1n) is 8.21. The molecule has 3 aliphatic rings. The number of ether oxygens (including phenoxy) is 2. The van der Waals surface area contributed by atoms with Gasteiger partial charge in [0.15, 0.2) is 5.60 Å². The van der Waals surface area contributed by atoms with Crippen molar-refractivity contribution in [2.24, 2.45) is 0 Å². The van der Waals surface area contributed by atoms with Crippen molar-refractivity contribution in [2.45, 2.75) is 44.4 Å². The SMILES string of the molecule is C=C1C/C(=C\C)C(=O)O[C@H]2CCN3CC=C(COC(=O)[C@@]1(C)O)[C@@H]23. The topological polar surface area (TPSA) is 76.1 Å². The number of carbonyl (C=O) groups is 2. The molecule has 0 amide bonds. The molecule has 0 saturated carbocycles. The van der Waals surface area contributed by atoms with E-state index in [-0.39, 0.29) is 30.7 Å². The van der Waals surface area contributed by atoms with E-state index in [0.29, 0.717) is 5.57 Å². The van der Waals surface area contributed by atoms with Crippen LogP contribution < -0.4 is 0 Å². The number of nitrogens with zero attached hydrogens (tertiary/aromatic N) is 1. The van der Waals surface area contributed by atoms with Gasteiger partial charge in [0.2, 0.25) is 0 Å². The van der Waals surface area contributed by atoms with Crippen molar-refractivity contribution in [3.8, 4) is 0 Å². The smallest absolute Gasteiger partial charge is 0.342 e. The predicted molar refractivity (Wildman–Crippen MR) is 87.0 cm³/mol. The molecule has 0 radical (unpaired) electrons. The van der Waals surface area contributed by atoms with E-state index in [9.17, 15) is 14.7 Å². The molecule has 130 valence electrons. The molecule has 3 aliphatic heterocycles. The van der Waals surface area contributed by atoms with Crippen molar-refractivity contribution in [1.82, 2.24) is 4.90 Å². The average Bonchev–Trinajstić information content (AvgIpc) is 3.12. The maximum atomic E-state index is 12.5. The van der Waals surface area contributed by atoms with Crippen molar-refractivity contribution in [1.29, 1.82) is 0 Å². The van der Waals surface area contributed by atoms with E-state index in [1.165, 1.54) is 6.92 Å². The van der Waals surface area contributed by atoms with E-state index in [4.69, 9.17) is 9.47 Å². The van der Waals surface area contributed by atoms with Gasteiger partial charge in [-0.1, -0.05) is 18.7 Å². The molecule has 0 unspecified atom stereocenters. The van der Waals surface area contributed by atoms with Gasteiger partial charge in [0.05, 0.1) is 6.04 Å². The molecule has 2 saturated heterocycles. The minimum absolute atomic E-state index is 0.0487. The maximum Gasteiger partial charge on any atom is 0.342 e. The van der Waals surface area contributed by atoms with Crippen LogP contribution in [0.2, 0.25) is 0 Å². The quantitative estimate of drug-likeness (QED) is 0.407. The number of aliphatic hydroxyl groups is 1. The Kier molecular flexibility index (Phi) is 4.36. The number of rotatable bonds is 0. The van der Waals surface area contributed by atoms with Gasteiger partial charge in [-0.2, -0.15) is 0 Å². The van der Waals surface area contributed by atoms with Gasteiger partial charge < -0.3 is 14.6 Å². The third kappa shape index (κ3) is 2.80. The van der Waals surface area contributed by atoms with E-state index < -0.39 is 17.5 Å². The Balaban J connectivity index is 1.92. The summed E-state index contributed by atoms with van der Waals surface area (Å²) in [5.74, 6) is -1.16. The van der Waals surface area contributed by atoms with E-state index in [1.807, 2.05) is 6.08 Å². The first-order chi connectivity index (χ1) is 11.3. The fraction of sp³-hybridized carbons (Fsp3) is 0.556. The lowest BCUT2D eigenvalue weighted by Crippen LogP contribution is -2.42. The molecule has 0 bridgehead atoms. The van der Waals surface area contributed by atoms with Crippen LogP contribution in [0.4, 0.5) is 0 Å². The van der Waals surface area contributed by atoms with Gasteiger partial charge in [-0.15, -0.1) is 0 Å². The minimum Gasteiger partial charge on any atom is -0.459 e. The zero-order chi connectivity index (χ0) is 17.5. The maximum absolute atomic E-state index is 12.5. The summed E-state index contributed by atoms with van der Waals surface area (Å²) >= 11 is 0. The number of esters is 2. The molecule has 6 nitrogen and oxygen atoms in total. The van der Waals surface area contributed by atoms with Gasteiger partial charge in [-0.05, 0) is 31.4 Å². The standard InChI is InChI=1S/C18H23NO5/c1-4-12-9-11(2)18(3,22)17(21)23-10-13-5-7-19-8-6-14(15(13)19)24-16(12)20/h4-5,14-15,22H,2,6-10H2,1,3H3/b12-4+/t14-,15-,18-/m0/s1. The fourth-order valence-corrected chi connectivity index (χ4v) is 3.47. The molecule has 2 fully saturated rings. The van der Waals surface area contributed by atoms with Crippen LogP contribution in [0.5, 0.6) is 0 Å². The second-order valence-corrected chi connectivity index (χ2v) is 6.69. The Labute approximate surface area is 141 Å². The van der Waals surface area contributed by atoms with Gasteiger partial charge >= 0.3 is 11.9 Å². The van der Waals surface area contributed by atoms with E-state index in [1.54, 1.807) is 13.0 Å². The fourth-order valence-electron chi connectivity index (χ4n) is 3.47. The Hall–Kier alpha value is -1.92. The summed E-state index contributed by atoms with van der Waals surface area (Å²) in [5, 5.41) is 10.5. The zero-order valence-corrected chi connectivity index (χ0v) is 14.1. The first kappa shape index (κ1) is 16.9. The molecule has 3 rings (SSSR count). The summed E-state index contributed by atoms with van der Waals surface area (Å²) in [5.41, 5.74) is -0.330. The third-order valence-electron chi connectivity index (χ3n) is 5.14. The number of allylic oxidation sites excluding steroid dienone is 1. The molecule has 3 atom stereocenters. The second-order valence-electron chi connectivity index (χ2n) is 6.69. The van der Waals surface area contributed by atoms with Crippen molar-refractivity contribution in [3.05, 3.63) is 35.5 Å². The summed E-state index contributed by atoms with van der Waals surface area (Å²) in [6, 6.07) is -0.0487. The first-order valence-corrected chi connectivity index (χ1v) is 8.21. The molecule has 6 heteroatoms. The molecule has 1 N–H and O–H groups in total. The highest BCUT2D eigenvalue weighted by Gasteiger charge is 2.44. The molecule has 3 heterocycles. The summed E-state index contributed by atoms with van der Waals surface area (Å²) in [7, 11) is 0. The predicted octanol–water partition coefficient (Wildman–Crippen LogP) is 1.11. The molecule has 0 aliphatic carbocycles. The number of cyclic esters (lactones) is 1. The molecule has 24 heavy (non-hydrogen) atoms. The van der Waals surface area contributed by atoms with E-state index in [2.05, 4.69) is 11.5 Å². The highest BCUT2D eigenvalue weighted by molar-refractivity contribution is 5.90. The largest absolute Gasteiger partial charge is 0.459 e. The van der Waals surface area contributed by atoms with Crippen LogP contribution in [0.3, 0.4) is 0 Å². The lowest BCUT2D eigenvalue weighted by molar-refractivity contribution is -0.160. The Morgan fingerprint density at radius 1 is 1.46 bits per heavy atom. The Bertz CT molecular complexity index is 646. The van der Waals surface area contributed by atoms with Crippen LogP contribution in [0, 0.1) is 0 Å². The molecule has 0 spiro atoms. The number of hydrogen-bond donors (Lipinski definition) is 1. The molecular weight excluding hydrogens is 310 g/mol. The normalized spacial score (nSPS) is 36.5. The highest BCUT2D eigenvalue weighted by Crippen LogP contribution is 2.33. The number of hydrogen-bond acceptors (Lipinski definition) is 6. The Morgan fingerprint density at radius 3 is 2.92 bits per heavy atom. The van der Waals surface area contributed by atoms with E-state index in [0.717, 1.165) is 25.1 Å². The zero-order valence-electron chi connectivity index (χ0n) is 14.1. The minimum atomic E-state index is -1.85. The summed E-state index contributed by atoms with van der Waals surface area (Å²) in [6.45, 7) is 8.53. The van der Waals surface area contributed by atoms with Crippen LogP contribution in [0.25, 0.3) is 0 Å². The third-order valence-corrected chi connectivity index (χ3v) is 5.14. The monoisotopic (exact) mass is 333 g/mol. The van der Waals surface area contributed by atoms with Crippen LogP contribution in [0.15, 0.2) is 35.5 Å². The molecule has 0 aromatic carbocycles. The van der Waals surface area contributed by atoms with E-state index >= 15 is 0 Å². The van der Waals surface area contributed by atoms with Gasteiger partial charge in [-0.25, -0.2) is 9.59 Å². The number of carbonyl (C=O) groups excluding carboxylic acids is 2. The molecule has 0 aromatic rings. The summed E-state index contributed by atoms with van der Waals surface area (Å²) < 4.78 is 11.1. The van der Waals surface area contributed by atoms with Crippen LogP contribution in [-0.2, 0) is 19.1 Å². The summed E-state index contributed by atoms with van der Waals surface area (Å²) in [4.78, 5) is 27.0. The van der Waals surface area contributed by atoms with Crippen LogP contribution in [0.1, 0.15) is 26.7 Å². The lowest BCUT2D eigenvalue weighted by Gasteiger charge is -2.28. The lowest BCUT2D eigenvalue weighted by atomic mass is 9.91. The highest BCUT2D eigenvalue weighted by atomic mass is 16.6. The van der Waals surface area contributed by atoms with Gasteiger partial charge in [-0.3, -0.25) is 4.90 Å². The van der Waals surface area contributed by atoms with Crippen LogP contribution >= 0.6 is 0 Å². The average molecular weight is 333 g/mol. The van der Waals surface area contributed by atoms with Crippen molar-refractivity contribution >= 4 is 11.9 Å². The second kappa shape index (κ2) is 6.18. The summed E-state index contributed by atoms with van der Waals surface area (Å²) in [6.07, 6.45) is 4.23. The Morgan fingerprint density at radius 2 is 2.21 bits per heavy atom.